The van der Waals surface area contributed by atoms with E-state index in [1.807, 2.05) is 4.68 Å². The molecule has 17 heavy (non-hydrogen) atoms. The molecule has 2 atom stereocenters. The highest BCUT2D eigenvalue weighted by Gasteiger charge is 2.25. The number of rotatable bonds is 5. The zero-order valence-electron chi connectivity index (χ0n) is 10.8. The van der Waals surface area contributed by atoms with Gasteiger partial charge in [-0.15, -0.1) is 5.10 Å². The molecule has 6 heteroatoms. The van der Waals surface area contributed by atoms with Crippen LogP contribution in [0.1, 0.15) is 33.0 Å². The molecule has 1 aromatic heterocycles. The number of ether oxygens (including phenoxy) is 1. The van der Waals surface area contributed by atoms with E-state index >= 15 is 0 Å². The SMILES string of the molecule is CC(C)NCc1nnnn1CC1CCOC1C. The number of hydrogen-bond acceptors (Lipinski definition) is 5. The average molecular weight is 239 g/mol. The van der Waals surface area contributed by atoms with Gasteiger partial charge in [0.2, 0.25) is 0 Å². The van der Waals surface area contributed by atoms with Gasteiger partial charge in [0, 0.05) is 18.6 Å². The van der Waals surface area contributed by atoms with Gasteiger partial charge in [-0.25, -0.2) is 4.68 Å². The minimum atomic E-state index is 0.310. The first-order valence-electron chi connectivity index (χ1n) is 6.27. The van der Waals surface area contributed by atoms with Gasteiger partial charge >= 0.3 is 0 Å². The quantitative estimate of drug-likeness (QED) is 0.815. The highest BCUT2D eigenvalue weighted by molar-refractivity contribution is 4.83. The van der Waals surface area contributed by atoms with Crippen molar-refractivity contribution in [3.8, 4) is 0 Å². The summed E-state index contributed by atoms with van der Waals surface area (Å²) >= 11 is 0. The molecule has 1 saturated heterocycles. The van der Waals surface area contributed by atoms with Crippen molar-refractivity contribution < 1.29 is 4.74 Å². The Morgan fingerprint density at radius 1 is 1.53 bits per heavy atom. The summed E-state index contributed by atoms with van der Waals surface area (Å²) in [7, 11) is 0. The van der Waals surface area contributed by atoms with Crippen molar-refractivity contribution in [1.29, 1.82) is 0 Å². The van der Waals surface area contributed by atoms with E-state index in [-0.39, 0.29) is 0 Å². The lowest BCUT2D eigenvalue weighted by molar-refractivity contribution is 0.100. The van der Waals surface area contributed by atoms with Crippen LogP contribution in [0.2, 0.25) is 0 Å². The summed E-state index contributed by atoms with van der Waals surface area (Å²) in [6.45, 7) is 8.76. The van der Waals surface area contributed by atoms with Crippen LogP contribution in [0.15, 0.2) is 0 Å². The van der Waals surface area contributed by atoms with E-state index in [1.54, 1.807) is 0 Å². The molecule has 6 nitrogen and oxygen atoms in total. The third-order valence-electron chi connectivity index (χ3n) is 3.22. The van der Waals surface area contributed by atoms with Gasteiger partial charge in [-0.3, -0.25) is 0 Å². The Labute approximate surface area is 102 Å². The first-order chi connectivity index (χ1) is 8.16. The predicted octanol–water partition coefficient (Wildman–Crippen LogP) is 0.596. The monoisotopic (exact) mass is 239 g/mol. The first kappa shape index (κ1) is 12.4. The van der Waals surface area contributed by atoms with Gasteiger partial charge in [0.1, 0.15) is 0 Å². The topological polar surface area (TPSA) is 64.9 Å². The molecule has 1 N–H and O–H groups in total. The summed E-state index contributed by atoms with van der Waals surface area (Å²) in [5.41, 5.74) is 0. The van der Waals surface area contributed by atoms with Gasteiger partial charge < -0.3 is 10.1 Å². The maximum atomic E-state index is 5.55. The van der Waals surface area contributed by atoms with Crippen molar-refractivity contribution in [2.24, 2.45) is 5.92 Å². The maximum absolute atomic E-state index is 5.55. The molecule has 0 aromatic carbocycles. The zero-order chi connectivity index (χ0) is 12.3. The minimum Gasteiger partial charge on any atom is -0.378 e. The average Bonchev–Trinajstić information content (AvgIpc) is 2.87. The van der Waals surface area contributed by atoms with E-state index in [0.717, 1.165) is 25.4 Å². The third-order valence-corrected chi connectivity index (χ3v) is 3.22. The highest BCUT2D eigenvalue weighted by atomic mass is 16.5. The van der Waals surface area contributed by atoms with E-state index in [0.29, 0.717) is 24.6 Å². The smallest absolute Gasteiger partial charge is 0.165 e. The summed E-state index contributed by atoms with van der Waals surface area (Å²) in [6, 6.07) is 0.439. The fraction of sp³-hybridized carbons (Fsp3) is 0.909. The Bertz CT molecular complexity index is 351. The first-order valence-corrected chi connectivity index (χ1v) is 6.27. The molecule has 0 bridgehead atoms. The summed E-state index contributed by atoms with van der Waals surface area (Å²) in [5, 5.41) is 15.2. The van der Waals surface area contributed by atoms with Crippen LogP contribution < -0.4 is 5.32 Å². The lowest BCUT2D eigenvalue weighted by atomic mass is 10.0. The standard InChI is InChI=1S/C11H21N5O/c1-8(2)12-6-11-13-14-15-16(11)7-10-4-5-17-9(10)3/h8-10,12H,4-7H2,1-3H3. The normalized spacial score (nSPS) is 24.7. The van der Waals surface area contributed by atoms with Gasteiger partial charge in [0.15, 0.2) is 5.82 Å². The summed E-state index contributed by atoms with van der Waals surface area (Å²) in [5.74, 6) is 1.43. The van der Waals surface area contributed by atoms with E-state index < -0.39 is 0 Å². The van der Waals surface area contributed by atoms with E-state index in [4.69, 9.17) is 4.74 Å². The Kier molecular flexibility index (Phi) is 4.06. The number of tetrazole rings is 1. The van der Waals surface area contributed by atoms with Crippen molar-refractivity contribution >= 4 is 0 Å². The van der Waals surface area contributed by atoms with Gasteiger partial charge in [0.25, 0.3) is 0 Å². The maximum Gasteiger partial charge on any atom is 0.165 e. The lowest BCUT2D eigenvalue weighted by Crippen LogP contribution is -2.26. The number of aromatic nitrogens is 4. The Morgan fingerprint density at radius 2 is 2.35 bits per heavy atom. The summed E-state index contributed by atoms with van der Waals surface area (Å²) in [4.78, 5) is 0. The molecule has 0 amide bonds. The molecule has 1 fully saturated rings. The van der Waals surface area contributed by atoms with Gasteiger partial charge in [-0.2, -0.15) is 0 Å². The molecule has 0 radical (unpaired) electrons. The van der Waals surface area contributed by atoms with Gasteiger partial charge in [0.05, 0.1) is 19.2 Å². The van der Waals surface area contributed by atoms with Crippen molar-refractivity contribution in [2.75, 3.05) is 6.61 Å². The van der Waals surface area contributed by atoms with Gasteiger partial charge in [-0.1, -0.05) is 13.8 Å². The Balaban J connectivity index is 1.94. The second-order valence-electron chi connectivity index (χ2n) is 4.94. The number of nitrogens with one attached hydrogen (secondary N) is 1. The van der Waals surface area contributed by atoms with Crippen LogP contribution in [0.3, 0.4) is 0 Å². The van der Waals surface area contributed by atoms with Crippen LogP contribution in [-0.4, -0.2) is 39.0 Å². The van der Waals surface area contributed by atoms with Crippen LogP contribution in [0.5, 0.6) is 0 Å². The molecule has 0 aliphatic carbocycles. The zero-order valence-corrected chi connectivity index (χ0v) is 10.8. The number of nitrogens with zero attached hydrogens (tertiary/aromatic N) is 4. The van der Waals surface area contributed by atoms with Crippen LogP contribution in [-0.2, 0) is 17.8 Å². The molecule has 0 saturated carbocycles. The van der Waals surface area contributed by atoms with E-state index in [1.165, 1.54) is 0 Å². The van der Waals surface area contributed by atoms with E-state index in [9.17, 15) is 0 Å². The second kappa shape index (κ2) is 5.55. The number of hydrogen-bond donors (Lipinski definition) is 1. The van der Waals surface area contributed by atoms with Crippen molar-refractivity contribution in [1.82, 2.24) is 25.5 Å². The second-order valence-corrected chi connectivity index (χ2v) is 4.94. The van der Waals surface area contributed by atoms with Crippen LogP contribution in [0, 0.1) is 5.92 Å². The largest absolute Gasteiger partial charge is 0.378 e. The lowest BCUT2D eigenvalue weighted by Gasteiger charge is -2.15. The summed E-state index contributed by atoms with van der Waals surface area (Å²) in [6.07, 6.45) is 1.41. The van der Waals surface area contributed by atoms with Crippen molar-refractivity contribution in [3.05, 3.63) is 5.82 Å². The van der Waals surface area contributed by atoms with Gasteiger partial charge in [-0.05, 0) is 23.8 Å². The van der Waals surface area contributed by atoms with Crippen molar-refractivity contribution in [3.63, 3.8) is 0 Å². The fourth-order valence-corrected chi connectivity index (χ4v) is 2.03. The predicted molar refractivity (Wildman–Crippen MR) is 63.3 cm³/mol. The molecular weight excluding hydrogens is 218 g/mol. The molecular formula is C11H21N5O. The van der Waals surface area contributed by atoms with Crippen LogP contribution in [0.4, 0.5) is 0 Å². The molecule has 2 heterocycles. The molecule has 1 aliphatic heterocycles. The van der Waals surface area contributed by atoms with Crippen LogP contribution in [0.25, 0.3) is 0 Å². The molecule has 1 aromatic rings. The molecule has 0 spiro atoms. The van der Waals surface area contributed by atoms with Crippen molar-refractivity contribution in [2.45, 2.75) is 52.4 Å². The Morgan fingerprint density at radius 3 is 3.00 bits per heavy atom. The van der Waals surface area contributed by atoms with E-state index in [2.05, 4.69) is 41.6 Å². The molecule has 2 unspecified atom stereocenters. The summed E-state index contributed by atoms with van der Waals surface area (Å²) < 4.78 is 7.45. The fourth-order valence-electron chi connectivity index (χ4n) is 2.03. The third kappa shape index (κ3) is 3.23. The minimum absolute atomic E-state index is 0.310. The molecule has 96 valence electrons. The molecule has 1 aliphatic rings. The Hall–Kier alpha value is -1.01. The highest BCUT2D eigenvalue weighted by Crippen LogP contribution is 2.21. The molecule has 2 rings (SSSR count). The van der Waals surface area contributed by atoms with Crippen LogP contribution >= 0.6 is 0 Å².